The van der Waals surface area contributed by atoms with Crippen molar-refractivity contribution < 1.29 is 0 Å². The van der Waals surface area contributed by atoms with E-state index >= 15 is 0 Å². The van der Waals surface area contributed by atoms with E-state index < -0.39 is 0 Å². The number of hydrogen-bond acceptors (Lipinski definition) is 3. The first-order chi connectivity index (χ1) is 6.18. The van der Waals surface area contributed by atoms with Crippen molar-refractivity contribution in [1.29, 1.82) is 0 Å². The van der Waals surface area contributed by atoms with Gasteiger partial charge in [-0.2, -0.15) is 0 Å². The molecule has 3 nitrogen and oxygen atoms in total. The molecule has 0 saturated carbocycles. The Labute approximate surface area is 78.7 Å². The Bertz CT molecular complexity index is 301. The third kappa shape index (κ3) is 3.60. The van der Waals surface area contributed by atoms with Crippen LogP contribution in [0.1, 0.15) is 13.8 Å². The van der Waals surface area contributed by atoms with E-state index in [0.29, 0.717) is 5.82 Å². The van der Waals surface area contributed by atoms with E-state index in [1.807, 2.05) is 12.1 Å². The summed E-state index contributed by atoms with van der Waals surface area (Å²) < 4.78 is 0. The molecule has 0 bridgehead atoms. The maximum Gasteiger partial charge on any atom is 0.128 e. The molecule has 1 aromatic rings. The van der Waals surface area contributed by atoms with Crippen LogP contribution in [0.2, 0.25) is 0 Å². The van der Waals surface area contributed by atoms with Crippen molar-refractivity contribution in [2.45, 2.75) is 13.8 Å². The van der Waals surface area contributed by atoms with Crippen LogP contribution in [-0.2, 0) is 0 Å². The third-order valence-corrected chi connectivity index (χ3v) is 1.56. The summed E-state index contributed by atoms with van der Waals surface area (Å²) in [5.41, 5.74) is 6.81. The molecule has 3 N–H and O–H groups in total. The smallest absolute Gasteiger partial charge is 0.128 e. The molecule has 70 valence electrons. The van der Waals surface area contributed by atoms with Gasteiger partial charge >= 0.3 is 0 Å². The van der Waals surface area contributed by atoms with Crippen molar-refractivity contribution in [2.24, 2.45) is 0 Å². The van der Waals surface area contributed by atoms with E-state index in [0.717, 1.165) is 12.4 Å². The van der Waals surface area contributed by atoms with Crippen molar-refractivity contribution >= 4 is 11.6 Å². The highest BCUT2D eigenvalue weighted by molar-refractivity contribution is 5.42. The minimum Gasteiger partial charge on any atom is -0.384 e. The quantitative estimate of drug-likeness (QED) is 0.695. The molecule has 13 heavy (non-hydrogen) atoms. The lowest BCUT2D eigenvalue weighted by Crippen LogP contribution is -2.02. The standard InChI is InChI=1S/C10H15N3/c1-8(2)6-7-12-10-5-3-4-9(11)13-10/h3-6H,7H2,1-2H3,(H3,11,12,13). The van der Waals surface area contributed by atoms with Gasteiger partial charge in [0.1, 0.15) is 11.6 Å². The molecule has 0 aliphatic carbocycles. The summed E-state index contributed by atoms with van der Waals surface area (Å²) >= 11 is 0. The number of nitrogens with zero attached hydrogens (tertiary/aromatic N) is 1. The Morgan fingerprint density at radius 3 is 2.92 bits per heavy atom. The van der Waals surface area contributed by atoms with Crippen LogP contribution in [0.15, 0.2) is 29.8 Å². The molecule has 1 heterocycles. The molecular weight excluding hydrogens is 162 g/mol. The second kappa shape index (κ2) is 4.50. The highest BCUT2D eigenvalue weighted by atomic mass is 15.0. The van der Waals surface area contributed by atoms with Gasteiger partial charge in [-0.15, -0.1) is 0 Å². The summed E-state index contributed by atoms with van der Waals surface area (Å²) in [5.74, 6) is 1.36. The number of hydrogen-bond donors (Lipinski definition) is 2. The van der Waals surface area contributed by atoms with Crippen LogP contribution in [-0.4, -0.2) is 11.5 Å². The van der Waals surface area contributed by atoms with E-state index in [1.54, 1.807) is 6.07 Å². The van der Waals surface area contributed by atoms with Crippen LogP contribution in [0, 0.1) is 0 Å². The predicted molar refractivity (Wildman–Crippen MR) is 56.6 cm³/mol. The van der Waals surface area contributed by atoms with Gasteiger partial charge in [0.05, 0.1) is 0 Å². The highest BCUT2D eigenvalue weighted by Crippen LogP contribution is 2.05. The van der Waals surface area contributed by atoms with Crippen LogP contribution in [0.25, 0.3) is 0 Å². The number of allylic oxidation sites excluding steroid dienone is 1. The van der Waals surface area contributed by atoms with Crippen LogP contribution in [0.5, 0.6) is 0 Å². The summed E-state index contributed by atoms with van der Waals surface area (Å²) in [7, 11) is 0. The van der Waals surface area contributed by atoms with Crippen molar-refractivity contribution in [1.82, 2.24) is 4.98 Å². The lowest BCUT2D eigenvalue weighted by atomic mass is 10.3. The van der Waals surface area contributed by atoms with Crippen LogP contribution < -0.4 is 11.1 Å². The number of anilines is 2. The first-order valence-electron chi connectivity index (χ1n) is 4.28. The van der Waals surface area contributed by atoms with Crippen molar-refractivity contribution in [3.05, 3.63) is 29.8 Å². The monoisotopic (exact) mass is 177 g/mol. The summed E-state index contributed by atoms with van der Waals surface area (Å²) in [5, 5.41) is 3.15. The zero-order chi connectivity index (χ0) is 9.68. The van der Waals surface area contributed by atoms with Gasteiger partial charge in [-0.1, -0.05) is 17.7 Å². The maximum absolute atomic E-state index is 5.52. The molecule has 0 atom stereocenters. The molecule has 0 unspecified atom stereocenters. The Kier molecular flexibility index (Phi) is 3.31. The average molecular weight is 177 g/mol. The van der Waals surface area contributed by atoms with Gasteiger partial charge < -0.3 is 11.1 Å². The molecule has 0 fully saturated rings. The van der Waals surface area contributed by atoms with Gasteiger partial charge in [0, 0.05) is 6.54 Å². The van der Waals surface area contributed by atoms with Crippen molar-refractivity contribution in [3.8, 4) is 0 Å². The van der Waals surface area contributed by atoms with Crippen LogP contribution in [0.3, 0.4) is 0 Å². The Morgan fingerprint density at radius 2 is 2.31 bits per heavy atom. The zero-order valence-electron chi connectivity index (χ0n) is 8.04. The Morgan fingerprint density at radius 1 is 1.54 bits per heavy atom. The summed E-state index contributed by atoms with van der Waals surface area (Å²) in [6, 6.07) is 5.55. The second-order valence-electron chi connectivity index (χ2n) is 3.11. The third-order valence-electron chi connectivity index (χ3n) is 1.56. The molecule has 0 aliphatic rings. The molecule has 1 rings (SSSR count). The average Bonchev–Trinajstić information content (AvgIpc) is 2.03. The number of nitrogen functional groups attached to an aromatic ring is 1. The molecule has 0 saturated heterocycles. The summed E-state index contributed by atoms with van der Waals surface area (Å²) in [6.45, 7) is 4.92. The first-order valence-corrected chi connectivity index (χ1v) is 4.28. The van der Waals surface area contributed by atoms with Crippen LogP contribution >= 0.6 is 0 Å². The largest absolute Gasteiger partial charge is 0.384 e. The van der Waals surface area contributed by atoms with Gasteiger partial charge in [-0.25, -0.2) is 4.98 Å². The Balaban J connectivity index is 2.50. The van der Waals surface area contributed by atoms with Gasteiger partial charge in [0.2, 0.25) is 0 Å². The molecule has 0 amide bonds. The van der Waals surface area contributed by atoms with Gasteiger partial charge in [-0.05, 0) is 26.0 Å². The second-order valence-corrected chi connectivity index (χ2v) is 3.11. The van der Waals surface area contributed by atoms with E-state index in [2.05, 4.69) is 30.2 Å². The topological polar surface area (TPSA) is 50.9 Å². The number of aromatic nitrogens is 1. The molecule has 0 aromatic carbocycles. The number of nitrogens with two attached hydrogens (primary N) is 1. The lowest BCUT2D eigenvalue weighted by Gasteiger charge is -2.02. The first kappa shape index (κ1) is 9.58. The maximum atomic E-state index is 5.52. The summed E-state index contributed by atoms with van der Waals surface area (Å²) in [4.78, 5) is 4.11. The normalized spacial score (nSPS) is 9.38. The fraction of sp³-hybridized carbons (Fsp3) is 0.300. The van der Waals surface area contributed by atoms with E-state index in [9.17, 15) is 0 Å². The molecule has 0 radical (unpaired) electrons. The van der Waals surface area contributed by atoms with Crippen LogP contribution in [0.4, 0.5) is 11.6 Å². The van der Waals surface area contributed by atoms with Gasteiger partial charge in [-0.3, -0.25) is 0 Å². The van der Waals surface area contributed by atoms with E-state index in [-0.39, 0.29) is 0 Å². The number of nitrogens with one attached hydrogen (secondary N) is 1. The fourth-order valence-corrected chi connectivity index (χ4v) is 0.910. The zero-order valence-corrected chi connectivity index (χ0v) is 8.04. The van der Waals surface area contributed by atoms with Crippen molar-refractivity contribution in [2.75, 3.05) is 17.6 Å². The minimum absolute atomic E-state index is 0.544. The highest BCUT2D eigenvalue weighted by Gasteiger charge is 1.90. The lowest BCUT2D eigenvalue weighted by molar-refractivity contribution is 1.21. The molecule has 1 aromatic heterocycles. The minimum atomic E-state index is 0.544. The number of pyridine rings is 1. The molecule has 0 spiro atoms. The van der Waals surface area contributed by atoms with E-state index in [4.69, 9.17) is 5.73 Å². The van der Waals surface area contributed by atoms with E-state index in [1.165, 1.54) is 5.57 Å². The fourth-order valence-electron chi connectivity index (χ4n) is 0.910. The van der Waals surface area contributed by atoms with Gasteiger partial charge in [0.15, 0.2) is 0 Å². The molecule has 0 aliphatic heterocycles. The predicted octanol–water partition coefficient (Wildman–Crippen LogP) is 2.04. The van der Waals surface area contributed by atoms with Gasteiger partial charge in [0.25, 0.3) is 0 Å². The SMILES string of the molecule is CC(C)=CCNc1cccc(N)n1. The molecule has 3 heteroatoms. The number of rotatable bonds is 3. The molecular formula is C10H15N3. The Hall–Kier alpha value is -1.51. The summed E-state index contributed by atoms with van der Waals surface area (Å²) in [6.07, 6.45) is 2.10. The van der Waals surface area contributed by atoms with Crippen molar-refractivity contribution in [3.63, 3.8) is 0 Å².